The number of aliphatic hydroxyl groups excluding tert-OH is 5. The highest BCUT2D eigenvalue weighted by Gasteiger charge is 2.30. The van der Waals surface area contributed by atoms with Crippen molar-refractivity contribution < 1.29 is 35.1 Å². The number of amides is 1. The molecule has 1 amide bonds. The molecule has 12 heteroatoms. The van der Waals surface area contributed by atoms with Crippen LogP contribution in [0.5, 0.6) is 0 Å². The first kappa shape index (κ1) is 26.5. The third kappa shape index (κ3) is 11.3. The topological polar surface area (TPSA) is 216 Å². The number of carbonyl (C=O) groups is 1. The summed E-state index contributed by atoms with van der Waals surface area (Å²) in [5, 5.41) is 53.1. The minimum Gasteiger partial charge on any atom is -0.394 e. The SMILES string of the molecule is COCCNC(=O)[C@H](CCCCN=C(N)N)NC[C@H](O)[C@@H](O)[C@H](O)[C@H](O)CO. The van der Waals surface area contributed by atoms with Gasteiger partial charge in [0, 0.05) is 26.7 Å². The largest absolute Gasteiger partial charge is 0.394 e. The number of guanidine groups is 1. The van der Waals surface area contributed by atoms with Crippen LogP contribution in [0.4, 0.5) is 0 Å². The first-order chi connectivity index (χ1) is 13.2. The Hall–Kier alpha value is -1.54. The Morgan fingerprint density at radius 2 is 1.75 bits per heavy atom. The molecule has 11 N–H and O–H groups in total. The van der Waals surface area contributed by atoms with E-state index in [1.165, 1.54) is 7.11 Å². The van der Waals surface area contributed by atoms with Gasteiger partial charge in [0.2, 0.25) is 5.91 Å². The monoisotopic (exact) mass is 409 g/mol. The van der Waals surface area contributed by atoms with Crippen molar-refractivity contribution in [1.82, 2.24) is 10.6 Å². The van der Waals surface area contributed by atoms with Gasteiger partial charge >= 0.3 is 0 Å². The Balaban J connectivity index is 4.63. The normalized spacial score (nSPS) is 16.6. The second kappa shape index (κ2) is 15.4. The van der Waals surface area contributed by atoms with Gasteiger partial charge in [0.25, 0.3) is 0 Å². The molecule has 0 bridgehead atoms. The maximum absolute atomic E-state index is 12.3. The number of nitrogens with one attached hydrogen (secondary N) is 2. The maximum atomic E-state index is 12.3. The Kier molecular flexibility index (Phi) is 14.5. The number of nitrogens with zero attached hydrogens (tertiary/aromatic N) is 1. The van der Waals surface area contributed by atoms with Crippen LogP contribution in [0.25, 0.3) is 0 Å². The van der Waals surface area contributed by atoms with Gasteiger partial charge in [-0.25, -0.2) is 0 Å². The van der Waals surface area contributed by atoms with Gasteiger partial charge in [-0.3, -0.25) is 9.79 Å². The van der Waals surface area contributed by atoms with Crippen molar-refractivity contribution in [2.45, 2.75) is 49.7 Å². The molecular weight excluding hydrogens is 374 g/mol. The molecule has 0 aromatic rings. The molecule has 0 aliphatic carbocycles. The van der Waals surface area contributed by atoms with Gasteiger partial charge < -0.3 is 52.4 Å². The van der Waals surface area contributed by atoms with Gasteiger partial charge in [-0.2, -0.15) is 0 Å². The van der Waals surface area contributed by atoms with Gasteiger partial charge in [-0.15, -0.1) is 0 Å². The molecule has 0 unspecified atom stereocenters. The van der Waals surface area contributed by atoms with Crippen molar-refractivity contribution in [3.63, 3.8) is 0 Å². The standard InChI is InChI=1S/C16H35N5O7/c1-28-7-6-19-15(27)10(4-2-3-5-20-16(17)18)21-8-11(23)13(25)14(26)12(24)9-22/h10-14,21-26H,2-9H2,1H3,(H,19,27)(H4,17,18,20)/t10-,11-,12+,13+,14+/m0/s1. The predicted octanol–water partition coefficient (Wildman–Crippen LogP) is -4.41. The Morgan fingerprint density at radius 1 is 1.11 bits per heavy atom. The number of hydrogen-bond acceptors (Lipinski definition) is 9. The minimum absolute atomic E-state index is 0.00674. The van der Waals surface area contributed by atoms with Crippen LogP contribution in [0.3, 0.4) is 0 Å². The van der Waals surface area contributed by atoms with E-state index >= 15 is 0 Å². The molecule has 0 heterocycles. The number of unbranched alkanes of at least 4 members (excludes halogenated alkanes) is 1. The molecule has 0 spiro atoms. The molecule has 166 valence electrons. The molecule has 28 heavy (non-hydrogen) atoms. The van der Waals surface area contributed by atoms with Gasteiger partial charge in [-0.1, -0.05) is 0 Å². The van der Waals surface area contributed by atoms with E-state index in [9.17, 15) is 25.2 Å². The van der Waals surface area contributed by atoms with E-state index in [1.54, 1.807) is 0 Å². The summed E-state index contributed by atoms with van der Waals surface area (Å²) in [6, 6.07) is -0.669. The number of methoxy groups -OCH3 is 1. The molecule has 0 fully saturated rings. The van der Waals surface area contributed by atoms with E-state index in [-0.39, 0.29) is 18.4 Å². The summed E-state index contributed by atoms with van der Waals surface area (Å²) < 4.78 is 4.88. The highest BCUT2D eigenvalue weighted by atomic mass is 16.5. The lowest BCUT2D eigenvalue weighted by atomic mass is 10.0. The molecule has 0 aromatic heterocycles. The predicted molar refractivity (Wildman–Crippen MR) is 102 cm³/mol. The van der Waals surface area contributed by atoms with Crippen molar-refractivity contribution in [2.24, 2.45) is 16.5 Å². The third-order valence-corrected chi connectivity index (χ3v) is 4.02. The average Bonchev–Trinajstić information content (AvgIpc) is 2.67. The first-order valence-electron chi connectivity index (χ1n) is 9.13. The number of hydrogen-bond donors (Lipinski definition) is 9. The summed E-state index contributed by atoms with van der Waals surface area (Å²) in [5.74, 6) is -0.316. The lowest BCUT2D eigenvalue weighted by molar-refractivity contribution is -0.125. The molecular formula is C16H35N5O7. The maximum Gasteiger partial charge on any atom is 0.237 e. The number of carbonyl (C=O) groups excluding carboxylic acids is 1. The van der Waals surface area contributed by atoms with Crippen molar-refractivity contribution in [2.75, 3.05) is 40.0 Å². The smallest absolute Gasteiger partial charge is 0.237 e. The summed E-state index contributed by atoms with van der Waals surface area (Å²) in [4.78, 5) is 16.2. The number of aliphatic imine (C=N–C) groups is 1. The van der Waals surface area contributed by atoms with Crippen molar-refractivity contribution in [1.29, 1.82) is 0 Å². The zero-order chi connectivity index (χ0) is 21.5. The zero-order valence-corrected chi connectivity index (χ0v) is 16.2. The second-order valence-corrected chi connectivity index (χ2v) is 6.35. The lowest BCUT2D eigenvalue weighted by Gasteiger charge is -2.27. The number of aliphatic hydroxyl groups is 5. The lowest BCUT2D eigenvalue weighted by Crippen LogP contribution is -2.52. The van der Waals surface area contributed by atoms with Crippen LogP contribution in [0.1, 0.15) is 19.3 Å². The molecule has 0 radical (unpaired) electrons. The van der Waals surface area contributed by atoms with Crippen LogP contribution in [0, 0.1) is 0 Å². The number of nitrogens with two attached hydrogens (primary N) is 2. The summed E-state index contributed by atoms with van der Waals surface area (Å²) in [7, 11) is 1.51. The minimum atomic E-state index is -1.73. The molecule has 12 nitrogen and oxygen atoms in total. The van der Waals surface area contributed by atoms with E-state index in [1.807, 2.05) is 0 Å². The third-order valence-electron chi connectivity index (χ3n) is 4.02. The van der Waals surface area contributed by atoms with Crippen LogP contribution < -0.4 is 22.1 Å². The molecule has 5 atom stereocenters. The highest BCUT2D eigenvalue weighted by Crippen LogP contribution is 2.07. The van der Waals surface area contributed by atoms with E-state index in [4.69, 9.17) is 21.3 Å². The summed E-state index contributed by atoms with van der Waals surface area (Å²) in [5.41, 5.74) is 10.5. The second-order valence-electron chi connectivity index (χ2n) is 6.35. The van der Waals surface area contributed by atoms with Crippen LogP contribution in [0.2, 0.25) is 0 Å². The van der Waals surface area contributed by atoms with Crippen molar-refractivity contribution >= 4 is 11.9 Å². The molecule has 0 aromatic carbocycles. The first-order valence-corrected chi connectivity index (χ1v) is 9.13. The summed E-state index contributed by atoms with van der Waals surface area (Å²) >= 11 is 0. The van der Waals surface area contributed by atoms with Crippen LogP contribution in [-0.2, 0) is 9.53 Å². The van der Waals surface area contributed by atoms with E-state index in [2.05, 4.69) is 15.6 Å². The molecule has 0 saturated heterocycles. The average molecular weight is 409 g/mol. The zero-order valence-electron chi connectivity index (χ0n) is 16.2. The van der Waals surface area contributed by atoms with Crippen molar-refractivity contribution in [3.05, 3.63) is 0 Å². The van der Waals surface area contributed by atoms with Gasteiger partial charge in [0.05, 0.1) is 25.4 Å². The Bertz CT molecular complexity index is 451. The van der Waals surface area contributed by atoms with Gasteiger partial charge in [-0.05, 0) is 19.3 Å². The molecule has 0 aliphatic rings. The van der Waals surface area contributed by atoms with Gasteiger partial charge in [0.15, 0.2) is 5.96 Å². The fourth-order valence-corrected chi connectivity index (χ4v) is 2.34. The van der Waals surface area contributed by atoms with E-state index < -0.39 is 37.1 Å². The highest BCUT2D eigenvalue weighted by molar-refractivity contribution is 5.81. The number of ether oxygens (including phenoxy) is 1. The van der Waals surface area contributed by atoms with Crippen LogP contribution >= 0.6 is 0 Å². The summed E-state index contributed by atoms with van der Waals surface area (Å²) in [6.07, 6.45) is -4.79. The Labute approximate surface area is 164 Å². The van der Waals surface area contributed by atoms with Crippen molar-refractivity contribution in [3.8, 4) is 0 Å². The van der Waals surface area contributed by atoms with E-state index in [0.717, 1.165) is 0 Å². The molecule has 0 saturated carbocycles. The Morgan fingerprint density at radius 3 is 2.32 bits per heavy atom. The van der Waals surface area contributed by atoms with Crippen LogP contribution in [0.15, 0.2) is 4.99 Å². The van der Waals surface area contributed by atoms with Crippen LogP contribution in [-0.4, -0.2) is 108 Å². The number of rotatable bonds is 16. The fraction of sp³-hybridized carbons (Fsp3) is 0.875. The molecule has 0 rings (SSSR count). The molecule has 0 aliphatic heterocycles. The fourth-order valence-electron chi connectivity index (χ4n) is 2.34. The summed E-state index contributed by atoms with van der Waals surface area (Å²) in [6.45, 7) is 0.0991. The van der Waals surface area contributed by atoms with E-state index in [0.29, 0.717) is 39.0 Å². The quantitative estimate of drug-likeness (QED) is 0.0677. The van der Waals surface area contributed by atoms with Gasteiger partial charge in [0.1, 0.15) is 18.3 Å².